The molecule has 9 atom stereocenters. The van der Waals surface area contributed by atoms with E-state index in [9.17, 15) is 14.4 Å². The summed E-state index contributed by atoms with van der Waals surface area (Å²) in [4.78, 5) is 37.8. The molecule has 1 heterocycles. The predicted octanol–water partition coefficient (Wildman–Crippen LogP) is 4.28. The standard InChI is InChI=1S/C26H36O5/c1-5-30-21(29)9-6-14(2)16-7-8-17-22-18(13-20(28)26(16,17)4)25(3)11-10-15(27)12-19(25)23-24(22)31-23/h12,14,16-18,22-24H,5-11,13H2,1-4H3/t14-,16-,17+,18+,22+,23-,24+,25-,26-/m1/s1. The van der Waals surface area contributed by atoms with E-state index in [0.717, 1.165) is 25.7 Å². The first-order chi connectivity index (χ1) is 14.7. The molecule has 0 aromatic heterocycles. The molecule has 0 spiro atoms. The quantitative estimate of drug-likeness (QED) is 0.483. The average Bonchev–Trinajstić information content (AvgIpc) is 3.43. The van der Waals surface area contributed by atoms with Crippen LogP contribution in [0.2, 0.25) is 0 Å². The summed E-state index contributed by atoms with van der Waals surface area (Å²) < 4.78 is 11.3. The number of hydrogen-bond acceptors (Lipinski definition) is 5. The van der Waals surface area contributed by atoms with Gasteiger partial charge in [0.15, 0.2) is 5.78 Å². The third-order valence-corrected chi connectivity index (χ3v) is 9.96. The van der Waals surface area contributed by atoms with Gasteiger partial charge in [-0.2, -0.15) is 0 Å². The molecule has 3 saturated carbocycles. The largest absolute Gasteiger partial charge is 0.466 e. The molecule has 5 heteroatoms. The van der Waals surface area contributed by atoms with E-state index in [0.29, 0.717) is 55.3 Å². The number of rotatable bonds is 5. The maximum absolute atomic E-state index is 13.8. The Labute approximate surface area is 185 Å². The van der Waals surface area contributed by atoms with Crippen LogP contribution in [0, 0.1) is 40.4 Å². The highest BCUT2D eigenvalue weighted by Crippen LogP contribution is 2.70. The molecule has 0 radical (unpaired) electrons. The number of Topliss-reactive ketones (excluding diaryl/α,β-unsaturated/α-hetero) is 1. The molecule has 0 aromatic rings. The Morgan fingerprint density at radius 3 is 2.77 bits per heavy atom. The zero-order valence-corrected chi connectivity index (χ0v) is 19.3. The number of epoxide rings is 1. The van der Waals surface area contributed by atoms with Crippen LogP contribution < -0.4 is 0 Å². The molecule has 31 heavy (non-hydrogen) atoms. The highest BCUT2D eigenvalue weighted by Gasteiger charge is 2.71. The Balaban J connectivity index is 1.40. The van der Waals surface area contributed by atoms with Gasteiger partial charge in [-0.3, -0.25) is 14.4 Å². The molecule has 1 saturated heterocycles. The fourth-order valence-corrected chi connectivity index (χ4v) is 8.25. The van der Waals surface area contributed by atoms with Crippen molar-refractivity contribution >= 4 is 17.5 Å². The first-order valence-corrected chi connectivity index (χ1v) is 12.3. The Hall–Kier alpha value is -1.49. The minimum Gasteiger partial charge on any atom is -0.466 e. The van der Waals surface area contributed by atoms with E-state index in [1.807, 2.05) is 13.0 Å². The molecule has 0 N–H and O–H groups in total. The second-order valence-electron chi connectivity index (χ2n) is 11.2. The van der Waals surface area contributed by atoms with Crippen molar-refractivity contribution in [3.8, 4) is 0 Å². The number of hydrogen-bond donors (Lipinski definition) is 0. The molecule has 4 fully saturated rings. The summed E-state index contributed by atoms with van der Waals surface area (Å²) in [5.74, 6) is 2.15. The molecule has 0 amide bonds. The van der Waals surface area contributed by atoms with E-state index in [1.54, 1.807) is 0 Å². The highest BCUT2D eigenvalue weighted by atomic mass is 16.6. The Morgan fingerprint density at radius 1 is 1.26 bits per heavy atom. The molecule has 5 rings (SSSR count). The fourth-order valence-electron chi connectivity index (χ4n) is 8.25. The van der Waals surface area contributed by atoms with Crippen LogP contribution in [0.1, 0.15) is 72.6 Å². The summed E-state index contributed by atoms with van der Waals surface area (Å²) in [6.07, 6.45) is 7.49. The molecule has 5 nitrogen and oxygen atoms in total. The Bertz CT molecular complexity index is 845. The summed E-state index contributed by atoms with van der Waals surface area (Å²) in [7, 11) is 0. The van der Waals surface area contributed by atoms with Gasteiger partial charge in [0.1, 0.15) is 11.9 Å². The molecule has 0 unspecified atom stereocenters. The summed E-state index contributed by atoms with van der Waals surface area (Å²) in [5.41, 5.74) is 0.762. The van der Waals surface area contributed by atoms with Crippen molar-refractivity contribution in [2.24, 2.45) is 40.4 Å². The van der Waals surface area contributed by atoms with Crippen molar-refractivity contribution in [3.05, 3.63) is 11.6 Å². The smallest absolute Gasteiger partial charge is 0.305 e. The molecule has 170 valence electrons. The van der Waals surface area contributed by atoms with Crippen LogP contribution >= 0.6 is 0 Å². The molecule has 1 aliphatic heterocycles. The van der Waals surface area contributed by atoms with Gasteiger partial charge in [-0.1, -0.05) is 20.8 Å². The number of ketones is 2. The van der Waals surface area contributed by atoms with Crippen LogP contribution in [0.3, 0.4) is 0 Å². The minimum absolute atomic E-state index is 0.0825. The lowest BCUT2D eigenvalue weighted by Gasteiger charge is -2.56. The minimum atomic E-state index is -0.326. The molecular weight excluding hydrogens is 392 g/mol. The SMILES string of the molecule is CCOC(=O)CC[C@@H](C)[C@H]1CC[C@H]2[C@@H]3[C@@H]4O[C@@H]4C4=CC(=O)CC[C@]4(C)[C@H]3CC(=O)[C@]12C. The van der Waals surface area contributed by atoms with Crippen molar-refractivity contribution < 1.29 is 23.9 Å². The fraction of sp³-hybridized carbons (Fsp3) is 0.808. The van der Waals surface area contributed by atoms with Crippen LogP contribution in [0.25, 0.3) is 0 Å². The molecule has 5 aliphatic rings. The van der Waals surface area contributed by atoms with Gasteiger partial charge in [0, 0.05) is 24.7 Å². The zero-order chi connectivity index (χ0) is 22.1. The number of fused-ring (bicyclic) bond motifs is 8. The summed E-state index contributed by atoms with van der Waals surface area (Å²) in [6, 6.07) is 0. The van der Waals surface area contributed by atoms with Crippen LogP contribution in [-0.4, -0.2) is 36.4 Å². The van der Waals surface area contributed by atoms with Crippen LogP contribution in [0.15, 0.2) is 11.6 Å². The van der Waals surface area contributed by atoms with Crippen molar-refractivity contribution in [2.75, 3.05) is 6.61 Å². The second kappa shape index (κ2) is 7.26. The van der Waals surface area contributed by atoms with Gasteiger partial charge in [0.2, 0.25) is 0 Å². The van der Waals surface area contributed by atoms with Gasteiger partial charge in [0.25, 0.3) is 0 Å². The molecular formula is C26H36O5. The maximum Gasteiger partial charge on any atom is 0.305 e. The van der Waals surface area contributed by atoms with Gasteiger partial charge in [-0.05, 0) is 79.3 Å². The third kappa shape index (κ3) is 3.02. The van der Waals surface area contributed by atoms with Crippen molar-refractivity contribution in [1.82, 2.24) is 0 Å². The lowest BCUT2D eigenvalue weighted by atomic mass is 9.46. The summed E-state index contributed by atoms with van der Waals surface area (Å²) >= 11 is 0. The van der Waals surface area contributed by atoms with Crippen LogP contribution in [0.5, 0.6) is 0 Å². The normalized spacial score (nSPS) is 46.3. The van der Waals surface area contributed by atoms with Crippen molar-refractivity contribution in [2.45, 2.75) is 84.8 Å². The van der Waals surface area contributed by atoms with E-state index >= 15 is 0 Å². The highest BCUT2D eigenvalue weighted by molar-refractivity contribution is 5.92. The van der Waals surface area contributed by atoms with E-state index in [-0.39, 0.29) is 40.7 Å². The van der Waals surface area contributed by atoms with Gasteiger partial charge < -0.3 is 9.47 Å². The summed E-state index contributed by atoms with van der Waals surface area (Å²) in [6.45, 7) is 8.96. The van der Waals surface area contributed by atoms with Gasteiger partial charge >= 0.3 is 5.97 Å². The monoisotopic (exact) mass is 428 g/mol. The van der Waals surface area contributed by atoms with E-state index in [2.05, 4.69) is 20.8 Å². The van der Waals surface area contributed by atoms with Gasteiger partial charge in [-0.25, -0.2) is 0 Å². The van der Waals surface area contributed by atoms with Crippen molar-refractivity contribution in [1.29, 1.82) is 0 Å². The number of esters is 1. The number of carbonyl (C=O) groups excluding carboxylic acids is 3. The number of carbonyl (C=O) groups is 3. The summed E-state index contributed by atoms with van der Waals surface area (Å²) in [5, 5.41) is 0. The molecule has 0 aromatic carbocycles. The lowest BCUT2D eigenvalue weighted by molar-refractivity contribution is -0.148. The van der Waals surface area contributed by atoms with Crippen LogP contribution in [-0.2, 0) is 23.9 Å². The second-order valence-corrected chi connectivity index (χ2v) is 11.2. The number of ether oxygens (including phenoxy) is 2. The topological polar surface area (TPSA) is 73.0 Å². The first kappa shape index (κ1) is 21.4. The van der Waals surface area contributed by atoms with Gasteiger partial charge in [-0.15, -0.1) is 0 Å². The van der Waals surface area contributed by atoms with Gasteiger partial charge in [0.05, 0.1) is 12.7 Å². The average molecular weight is 429 g/mol. The Morgan fingerprint density at radius 2 is 2.03 bits per heavy atom. The third-order valence-electron chi connectivity index (χ3n) is 9.96. The van der Waals surface area contributed by atoms with Crippen LogP contribution in [0.4, 0.5) is 0 Å². The maximum atomic E-state index is 13.8. The zero-order valence-electron chi connectivity index (χ0n) is 19.3. The Kier molecular flexibility index (Phi) is 5.00. The van der Waals surface area contributed by atoms with E-state index in [4.69, 9.17) is 9.47 Å². The molecule has 0 bridgehead atoms. The molecule has 4 aliphatic carbocycles. The predicted molar refractivity (Wildman–Crippen MR) is 115 cm³/mol. The van der Waals surface area contributed by atoms with E-state index < -0.39 is 0 Å². The van der Waals surface area contributed by atoms with E-state index in [1.165, 1.54) is 5.57 Å². The lowest BCUT2D eigenvalue weighted by Crippen LogP contribution is -2.57. The van der Waals surface area contributed by atoms with Crippen molar-refractivity contribution in [3.63, 3.8) is 0 Å². The first-order valence-electron chi connectivity index (χ1n) is 12.3.